The predicted molar refractivity (Wildman–Crippen MR) is 110 cm³/mol. The molecule has 2 heteroatoms. The van der Waals surface area contributed by atoms with Gasteiger partial charge in [0.15, 0.2) is 0 Å². The Hall–Kier alpha value is -1.90. The van der Waals surface area contributed by atoms with E-state index in [9.17, 15) is 0 Å². The molecule has 24 heavy (non-hydrogen) atoms. The summed E-state index contributed by atoms with van der Waals surface area (Å²) in [6.45, 7) is 0. The molecule has 0 bridgehead atoms. The van der Waals surface area contributed by atoms with Gasteiger partial charge in [-0.3, -0.25) is 0 Å². The molecule has 0 heterocycles. The van der Waals surface area contributed by atoms with Crippen LogP contribution in [0.1, 0.15) is 0 Å². The summed E-state index contributed by atoms with van der Waals surface area (Å²) in [5.74, 6) is 0. The van der Waals surface area contributed by atoms with Crippen LogP contribution in [0.15, 0.2) is 93.9 Å². The molecule has 0 aliphatic carbocycles. The second kappa shape index (κ2) is 6.54. The zero-order valence-electron chi connectivity index (χ0n) is 12.8. The number of fused-ring (bicyclic) bond motifs is 1. The highest BCUT2D eigenvalue weighted by Crippen LogP contribution is 2.32. The molecular formula is C22H14Br2. The lowest BCUT2D eigenvalue weighted by Crippen LogP contribution is -1.83. The van der Waals surface area contributed by atoms with Crippen LogP contribution in [0.5, 0.6) is 0 Å². The van der Waals surface area contributed by atoms with Gasteiger partial charge < -0.3 is 0 Å². The van der Waals surface area contributed by atoms with E-state index in [0.29, 0.717) is 0 Å². The Labute approximate surface area is 158 Å². The standard InChI is InChI=1S/C22H14Br2/c23-19-9-4-15(5-10-19)17-8-13-22-18(14-17)2-1-3-21(22)16-6-11-20(24)12-7-16/h1-14H. The smallest absolute Gasteiger partial charge is 0.0175 e. The van der Waals surface area contributed by atoms with Crippen molar-refractivity contribution in [3.05, 3.63) is 93.9 Å². The highest BCUT2D eigenvalue weighted by molar-refractivity contribution is 9.10. The number of benzene rings is 4. The van der Waals surface area contributed by atoms with Crippen LogP contribution in [0.4, 0.5) is 0 Å². The van der Waals surface area contributed by atoms with Gasteiger partial charge in [0.1, 0.15) is 0 Å². The first kappa shape index (κ1) is 15.6. The second-order valence-electron chi connectivity index (χ2n) is 5.76. The van der Waals surface area contributed by atoms with Crippen molar-refractivity contribution >= 4 is 42.6 Å². The Kier molecular flexibility index (Phi) is 4.26. The van der Waals surface area contributed by atoms with Gasteiger partial charge in [0, 0.05) is 8.95 Å². The van der Waals surface area contributed by atoms with Crippen molar-refractivity contribution in [2.75, 3.05) is 0 Å². The van der Waals surface area contributed by atoms with Crippen LogP contribution >= 0.6 is 31.9 Å². The summed E-state index contributed by atoms with van der Waals surface area (Å²) in [5.41, 5.74) is 4.97. The molecule has 0 fully saturated rings. The Morgan fingerprint density at radius 3 is 1.75 bits per heavy atom. The van der Waals surface area contributed by atoms with Crippen molar-refractivity contribution in [1.29, 1.82) is 0 Å². The Morgan fingerprint density at radius 2 is 1.08 bits per heavy atom. The number of halogens is 2. The third kappa shape index (κ3) is 3.04. The number of rotatable bonds is 2. The van der Waals surface area contributed by atoms with E-state index in [0.717, 1.165) is 8.95 Å². The zero-order chi connectivity index (χ0) is 16.5. The van der Waals surface area contributed by atoms with Crippen LogP contribution in [-0.4, -0.2) is 0 Å². The normalized spacial score (nSPS) is 10.9. The first-order chi connectivity index (χ1) is 11.7. The van der Waals surface area contributed by atoms with Gasteiger partial charge in [0.2, 0.25) is 0 Å². The summed E-state index contributed by atoms with van der Waals surface area (Å²) in [5, 5.41) is 2.54. The molecule has 116 valence electrons. The molecule has 0 amide bonds. The monoisotopic (exact) mass is 436 g/mol. The topological polar surface area (TPSA) is 0 Å². The third-order valence-electron chi connectivity index (χ3n) is 4.21. The highest BCUT2D eigenvalue weighted by atomic mass is 79.9. The van der Waals surface area contributed by atoms with Gasteiger partial charge in [-0.2, -0.15) is 0 Å². The van der Waals surface area contributed by atoms with E-state index in [1.165, 1.54) is 33.0 Å². The van der Waals surface area contributed by atoms with Crippen LogP contribution in [0.3, 0.4) is 0 Å². The minimum Gasteiger partial charge on any atom is -0.0610 e. The van der Waals surface area contributed by atoms with Gasteiger partial charge in [0.05, 0.1) is 0 Å². The number of hydrogen-bond donors (Lipinski definition) is 0. The van der Waals surface area contributed by atoms with Gasteiger partial charge in [-0.15, -0.1) is 0 Å². The van der Waals surface area contributed by atoms with E-state index < -0.39 is 0 Å². The zero-order valence-corrected chi connectivity index (χ0v) is 16.0. The summed E-state index contributed by atoms with van der Waals surface area (Å²) in [7, 11) is 0. The molecule has 0 aromatic heterocycles. The van der Waals surface area contributed by atoms with Crippen LogP contribution in [-0.2, 0) is 0 Å². The lowest BCUT2D eigenvalue weighted by atomic mass is 9.95. The fourth-order valence-electron chi connectivity index (χ4n) is 2.99. The van der Waals surface area contributed by atoms with E-state index in [2.05, 4.69) is 117 Å². The third-order valence-corrected chi connectivity index (χ3v) is 5.27. The lowest BCUT2D eigenvalue weighted by molar-refractivity contribution is 1.60. The summed E-state index contributed by atoms with van der Waals surface area (Å²) in [6.07, 6.45) is 0. The largest absolute Gasteiger partial charge is 0.0610 e. The van der Waals surface area contributed by atoms with Crippen LogP contribution in [0.2, 0.25) is 0 Å². The molecule has 4 rings (SSSR count). The van der Waals surface area contributed by atoms with E-state index >= 15 is 0 Å². The first-order valence-corrected chi connectivity index (χ1v) is 9.34. The molecule has 0 saturated carbocycles. The van der Waals surface area contributed by atoms with Gasteiger partial charge >= 0.3 is 0 Å². The van der Waals surface area contributed by atoms with E-state index in [1.54, 1.807) is 0 Å². The van der Waals surface area contributed by atoms with Crippen molar-refractivity contribution in [3.8, 4) is 22.3 Å². The molecule has 0 nitrogen and oxygen atoms in total. The quantitative estimate of drug-likeness (QED) is 0.301. The fourth-order valence-corrected chi connectivity index (χ4v) is 3.52. The Morgan fingerprint density at radius 1 is 0.500 bits per heavy atom. The molecule has 0 N–H and O–H groups in total. The van der Waals surface area contributed by atoms with Crippen molar-refractivity contribution in [3.63, 3.8) is 0 Å². The van der Waals surface area contributed by atoms with Crippen molar-refractivity contribution in [1.82, 2.24) is 0 Å². The molecule has 0 aliphatic heterocycles. The minimum atomic E-state index is 1.10. The maximum absolute atomic E-state index is 3.50. The predicted octanol–water partition coefficient (Wildman–Crippen LogP) is 7.70. The maximum atomic E-state index is 3.50. The van der Waals surface area contributed by atoms with Gasteiger partial charge in [-0.25, -0.2) is 0 Å². The SMILES string of the molecule is Brc1ccc(-c2ccc3c(-c4ccc(Br)cc4)cccc3c2)cc1. The molecule has 0 spiro atoms. The number of hydrogen-bond acceptors (Lipinski definition) is 0. The van der Waals surface area contributed by atoms with Gasteiger partial charge in [-0.1, -0.05) is 86.5 Å². The Bertz CT molecular complexity index is 1000. The van der Waals surface area contributed by atoms with Gasteiger partial charge in [0.25, 0.3) is 0 Å². The lowest BCUT2D eigenvalue weighted by Gasteiger charge is -2.09. The summed E-state index contributed by atoms with van der Waals surface area (Å²) in [6, 6.07) is 30.1. The van der Waals surface area contributed by atoms with Crippen molar-refractivity contribution in [2.45, 2.75) is 0 Å². The van der Waals surface area contributed by atoms with Crippen LogP contribution in [0, 0.1) is 0 Å². The molecule has 0 atom stereocenters. The summed E-state index contributed by atoms with van der Waals surface area (Å²) in [4.78, 5) is 0. The molecule has 0 aliphatic rings. The summed E-state index contributed by atoms with van der Waals surface area (Å²) < 4.78 is 2.20. The van der Waals surface area contributed by atoms with Crippen molar-refractivity contribution < 1.29 is 0 Å². The molecule has 4 aromatic rings. The van der Waals surface area contributed by atoms with Gasteiger partial charge in [-0.05, 0) is 63.4 Å². The molecular weight excluding hydrogens is 424 g/mol. The average molecular weight is 438 g/mol. The molecule has 4 aromatic carbocycles. The van der Waals surface area contributed by atoms with E-state index in [-0.39, 0.29) is 0 Å². The Balaban J connectivity index is 1.84. The summed E-state index contributed by atoms with van der Waals surface area (Å²) >= 11 is 7.00. The minimum absolute atomic E-state index is 1.10. The fraction of sp³-hybridized carbons (Fsp3) is 0. The molecule has 0 unspecified atom stereocenters. The highest BCUT2D eigenvalue weighted by Gasteiger charge is 2.06. The first-order valence-electron chi connectivity index (χ1n) is 7.75. The second-order valence-corrected chi connectivity index (χ2v) is 7.59. The maximum Gasteiger partial charge on any atom is 0.0175 e. The molecule has 0 saturated heterocycles. The van der Waals surface area contributed by atoms with Crippen LogP contribution < -0.4 is 0 Å². The van der Waals surface area contributed by atoms with E-state index in [1.807, 2.05) is 0 Å². The van der Waals surface area contributed by atoms with E-state index in [4.69, 9.17) is 0 Å². The van der Waals surface area contributed by atoms with Crippen LogP contribution in [0.25, 0.3) is 33.0 Å². The average Bonchev–Trinajstić information content (AvgIpc) is 2.62. The molecule has 0 radical (unpaired) electrons. The van der Waals surface area contributed by atoms with Crippen molar-refractivity contribution in [2.24, 2.45) is 0 Å².